The van der Waals surface area contributed by atoms with Crippen molar-refractivity contribution in [3.63, 3.8) is 0 Å². The lowest BCUT2D eigenvalue weighted by Crippen LogP contribution is -2.23. The number of nitrogens with zero attached hydrogens (tertiary/aromatic N) is 1. The molecule has 0 amide bonds. The highest BCUT2D eigenvalue weighted by molar-refractivity contribution is 9.10. The van der Waals surface area contributed by atoms with Crippen molar-refractivity contribution >= 4 is 15.9 Å². The molecule has 0 bridgehead atoms. The van der Waals surface area contributed by atoms with Gasteiger partial charge in [-0.05, 0) is 63.6 Å². The van der Waals surface area contributed by atoms with Crippen LogP contribution in [0.2, 0.25) is 0 Å². The van der Waals surface area contributed by atoms with Crippen LogP contribution in [0.25, 0.3) is 0 Å². The van der Waals surface area contributed by atoms with Crippen molar-refractivity contribution in [1.82, 2.24) is 10.2 Å². The lowest BCUT2D eigenvalue weighted by atomic mass is 9.93. The molecule has 2 atom stereocenters. The van der Waals surface area contributed by atoms with Gasteiger partial charge in [-0.2, -0.15) is 0 Å². The minimum absolute atomic E-state index is 0.525. The van der Waals surface area contributed by atoms with Gasteiger partial charge in [-0.1, -0.05) is 28.1 Å². The maximum Gasteiger partial charge on any atom is 0.0345 e. The van der Waals surface area contributed by atoms with E-state index < -0.39 is 0 Å². The monoisotopic (exact) mass is 296 g/mol. The van der Waals surface area contributed by atoms with E-state index in [1.165, 1.54) is 36.0 Å². The standard InChI is InChI=1S/C14H21BrN2/c1-17(2)14(8-11-6-7-16-10-11)12-4-3-5-13(15)9-12/h3-5,9,11,14,16H,6-8,10H2,1-2H3. The fourth-order valence-corrected chi connectivity index (χ4v) is 3.01. The Labute approximate surface area is 113 Å². The first-order valence-electron chi connectivity index (χ1n) is 6.29. The molecule has 0 saturated carbocycles. The van der Waals surface area contributed by atoms with Gasteiger partial charge in [0.05, 0.1) is 0 Å². The quantitative estimate of drug-likeness (QED) is 0.919. The number of benzene rings is 1. The van der Waals surface area contributed by atoms with Crippen LogP contribution in [0.1, 0.15) is 24.4 Å². The Balaban J connectivity index is 2.10. The summed E-state index contributed by atoms with van der Waals surface area (Å²) < 4.78 is 1.17. The number of hydrogen-bond donors (Lipinski definition) is 1. The van der Waals surface area contributed by atoms with Crippen LogP contribution in [0.15, 0.2) is 28.7 Å². The number of halogens is 1. The zero-order chi connectivity index (χ0) is 12.3. The summed E-state index contributed by atoms with van der Waals surface area (Å²) >= 11 is 3.56. The number of nitrogens with one attached hydrogen (secondary N) is 1. The highest BCUT2D eigenvalue weighted by Gasteiger charge is 2.22. The van der Waals surface area contributed by atoms with Crippen LogP contribution in [0.3, 0.4) is 0 Å². The van der Waals surface area contributed by atoms with Gasteiger partial charge in [0, 0.05) is 10.5 Å². The first kappa shape index (κ1) is 13.1. The first-order valence-corrected chi connectivity index (χ1v) is 7.08. The normalized spacial score (nSPS) is 22.0. The van der Waals surface area contributed by atoms with Gasteiger partial charge in [0.15, 0.2) is 0 Å². The summed E-state index contributed by atoms with van der Waals surface area (Å²) in [6, 6.07) is 9.22. The number of rotatable bonds is 4. The Kier molecular flexibility index (Phi) is 4.60. The van der Waals surface area contributed by atoms with Gasteiger partial charge in [-0.3, -0.25) is 0 Å². The fourth-order valence-electron chi connectivity index (χ4n) is 2.59. The van der Waals surface area contributed by atoms with E-state index in [4.69, 9.17) is 0 Å². The van der Waals surface area contributed by atoms with Crippen LogP contribution in [-0.2, 0) is 0 Å². The molecule has 1 fully saturated rings. The smallest absolute Gasteiger partial charge is 0.0345 e. The van der Waals surface area contributed by atoms with Gasteiger partial charge >= 0.3 is 0 Å². The Hall–Kier alpha value is -0.380. The Morgan fingerprint density at radius 3 is 2.88 bits per heavy atom. The summed E-state index contributed by atoms with van der Waals surface area (Å²) in [6.07, 6.45) is 2.56. The molecule has 2 rings (SSSR count). The van der Waals surface area contributed by atoms with Crippen LogP contribution in [0, 0.1) is 5.92 Å². The molecule has 1 heterocycles. The zero-order valence-corrected chi connectivity index (χ0v) is 12.2. The summed E-state index contributed by atoms with van der Waals surface area (Å²) in [7, 11) is 4.35. The van der Waals surface area contributed by atoms with E-state index in [1.54, 1.807) is 0 Å². The summed E-state index contributed by atoms with van der Waals surface area (Å²) in [4.78, 5) is 2.33. The number of hydrogen-bond acceptors (Lipinski definition) is 2. The van der Waals surface area contributed by atoms with Crippen LogP contribution in [0.5, 0.6) is 0 Å². The maximum absolute atomic E-state index is 3.56. The third-order valence-electron chi connectivity index (χ3n) is 3.58. The summed E-state index contributed by atoms with van der Waals surface area (Å²) in [5.41, 5.74) is 1.41. The third-order valence-corrected chi connectivity index (χ3v) is 4.07. The van der Waals surface area contributed by atoms with E-state index in [9.17, 15) is 0 Å². The first-order chi connectivity index (χ1) is 8.16. The molecule has 1 aromatic carbocycles. The zero-order valence-electron chi connectivity index (χ0n) is 10.6. The van der Waals surface area contributed by atoms with Crippen molar-refractivity contribution in [3.8, 4) is 0 Å². The van der Waals surface area contributed by atoms with E-state index in [-0.39, 0.29) is 0 Å². The van der Waals surface area contributed by atoms with Gasteiger partial charge in [0.2, 0.25) is 0 Å². The molecule has 0 aromatic heterocycles. The largest absolute Gasteiger partial charge is 0.316 e. The van der Waals surface area contributed by atoms with E-state index in [0.29, 0.717) is 6.04 Å². The van der Waals surface area contributed by atoms with Gasteiger partial charge in [-0.15, -0.1) is 0 Å². The van der Waals surface area contributed by atoms with E-state index in [2.05, 4.69) is 64.5 Å². The predicted molar refractivity (Wildman–Crippen MR) is 76.2 cm³/mol. The average molecular weight is 297 g/mol. The molecule has 1 N–H and O–H groups in total. The van der Waals surface area contributed by atoms with Gasteiger partial charge in [0.25, 0.3) is 0 Å². The molecule has 17 heavy (non-hydrogen) atoms. The van der Waals surface area contributed by atoms with Crippen LogP contribution >= 0.6 is 15.9 Å². The Morgan fingerprint density at radius 2 is 2.29 bits per heavy atom. The predicted octanol–water partition coefficient (Wildman–Crippen LogP) is 3.05. The summed E-state index contributed by atoms with van der Waals surface area (Å²) in [5.74, 6) is 0.821. The molecule has 0 spiro atoms. The van der Waals surface area contributed by atoms with Gasteiger partial charge in [0.1, 0.15) is 0 Å². The molecule has 1 saturated heterocycles. The molecule has 3 heteroatoms. The Bertz CT molecular complexity index is 359. The average Bonchev–Trinajstić information content (AvgIpc) is 2.78. The van der Waals surface area contributed by atoms with Crippen molar-refractivity contribution in [2.45, 2.75) is 18.9 Å². The third kappa shape index (κ3) is 3.54. The fraction of sp³-hybridized carbons (Fsp3) is 0.571. The highest BCUT2D eigenvalue weighted by atomic mass is 79.9. The second-order valence-corrected chi connectivity index (χ2v) is 6.04. The van der Waals surface area contributed by atoms with Crippen LogP contribution in [-0.4, -0.2) is 32.1 Å². The van der Waals surface area contributed by atoms with Crippen LogP contribution < -0.4 is 5.32 Å². The van der Waals surface area contributed by atoms with Gasteiger partial charge in [-0.25, -0.2) is 0 Å². The molecule has 0 radical (unpaired) electrons. The van der Waals surface area contributed by atoms with Crippen molar-refractivity contribution in [2.24, 2.45) is 5.92 Å². The molecule has 1 aromatic rings. The molecule has 2 nitrogen and oxygen atoms in total. The molecule has 1 aliphatic heterocycles. The topological polar surface area (TPSA) is 15.3 Å². The molecule has 2 unspecified atom stereocenters. The minimum Gasteiger partial charge on any atom is -0.316 e. The highest BCUT2D eigenvalue weighted by Crippen LogP contribution is 2.29. The van der Waals surface area contributed by atoms with Crippen molar-refractivity contribution in [3.05, 3.63) is 34.3 Å². The van der Waals surface area contributed by atoms with Crippen molar-refractivity contribution in [2.75, 3.05) is 27.2 Å². The summed E-state index contributed by atoms with van der Waals surface area (Å²) in [6.45, 7) is 2.36. The second-order valence-electron chi connectivity index (χ2n) is 5.13. The summed E-state index contributed by atoms with van der Waals surface area (Å²) in [5, 5.41) is 3.45. The van der Waals surface area contributed by atoms with Gasteiger partial charge < -0.3 is 10.2 Å². The SMILES string of the molecule is CN(C)C(CC1CCNC1)c1cccc(Br)c1. The lowest BCUT2D eigenvalue weighted by molar-refractivity contribution is 0.253. The molecule has 0 aliphatic carbocycles. The van der Waals surface area contributed by atoms with E-state index >= 15 is 0 Å². The molecular weight excluding hydrogens is 276 g/mol. The van der Waals surface area contributed by atoms with Crippen molar-refractivity contribution < 1.29 is 0 Å². The minimum atomic E-state index is 0.525. The van der Waals surface area contributed by atoms with Crippen molar-refractivity contribution in [1.29, 1.82) is 0 Å². The Morgan fingerprint density at radius 1 is 1.47 bits per heavy atom. The second kappa shape index (κ2) is 5.98. The lowest BCUT2D eigenvalue weighted by Gasteiger charge is -2.27. The molecular formula is C14H21BrN2. The molecule has 94 valence electrons. The maximum atomic E-state index is 3.56. The molecule has 1 aliphatic rings. The van der Waals surface area contributed by atoms with E-state index in [0.717, 1.165) is 5.92 Å². The van der Waals surface area contributed by atoms with Crippen LogP contribution in [0.4, 0.5) is 0 Å². The van der Waals surface area contributed by atoms with E-state index in [1.807, 2.05) is 0 Å².